The van der Waals surface area contributed by atoms with Crippen molar-refractivity contribution < 1.29 is 9.37 Å². The molecule has 0 spiro atoms. The molecule has 1 N–H and O–H groups in total. The summed E-state index contributed by atoms with van der Waals surface area (Å²) < 4.78 is 11.6. The summed E-state index contributed by atoms with van der Waals surface area (Å²) in [7, 11) is 0. The number of ether oxygens (including phenoxy) is 1. The lowest BCUT2D eigenvalue weighted by Crippen LogP contribution is -2.20. The van der Waals surface area contributed by atoms with Gasteiger partial charge in [0.05, 0.1) is 0 Å². The first-order valence-corrected chi connectivity index (χ1v) is 7.84. The summed E-state index contributed by atoms with van der Waals surface area (Å²) in [5.74, 6) is 0.844. The summed E-state index contributed by atoms with van der Waals surface area (Å²) in [6.07, 6.45) is 1.10. The van der Waals surface area contributed by atoms with Crippen LogP contribution in [0.25, 0.3) is 0 Å². The zero-order valence-electron chi connectivity index (χ0n) is 12.5. The molecule has 21 heavy (non-hydrogen) atoms. The Bertz CT molecular complexity index is 586. The van der Waals surface area contributed by atoms with E-state index >= 15 is 0 Å². The van der Waals surface area contributed by atoms with E-state index in [1.54, 1.807) is 0 Å². The zero-order chi connectivity index (χ0) is 15.2. The van der Waals surface area contributed by atoms with Crippen molar-refractivity contribution >= 4 is 15.9 Å². The molecule has 0 aliphatic heterocycles. The highest BCUT2D eigenvalue weighted by Crippen LogP contribution is 2.29. The third-order valence-corrected chi connectivity index (χ3v) is 3.74. The molecule has 6 heteroatoms. The van der Waals surface area contributed by atoms with E-state index in [4.69, 9.17) is 4.74 Å². The van der Waals surface area contributed by atoms with E-state index in [9.17, 15) is 0 Å². The molecule has 1 atom stereocenters. The third kappa shape index (κ3) is 4.28. The molecular weight excluding hydrogens is 334 g/mol. The van der Waals surface area contributed by atoms with Crippen LogP contribution in [0.5, 0.6) is 5.75 Å². The van der Waals surface area contributed by atoms with E-state index in [2.05, 4.69) is 56.1 Å². The zero-order valence-corrected chi connectivity index (χ0v) is 14.1. The van der Waals surface area contributed by atoms with Crippen molar-refractivity contribution in [3.63, 3.8) is 0 Å². The van der Waals surface area contributed by atoms with Crippen LogP contribution in [0.2, 0.25) is 0 Å². The van der Waals surface area contributed by atoms with Crippen LogP contribution in [0, 0.1) is 6.92 Å². The predicted molar refractivity (Wildman–Crippen MR) is 84.2 cm³/mol. The van der Waals surface area contributed by atoms with Crippen LogP contribution >= 0.6 is 15.9 Å². The Morgan fingerprint density at radius 3 is 2.86 bits per heavy atom. The van der Waals surface area contributed by atoms with Crippen molar-refractivity contribution in [2.45, 2.75) is 39.8 Å². The molecule has 0 radical (unpaired) electrons. The van der Waals surface area contributed by atoms with E-state index in [0.29, 0.717) is 6.61 Å². The molecule has 0 bridgehead atoms. The van der Waals surface area contributed by atoms with Crippen LogP contribution in [0.1, 0.15) is 43.3 Å². The molecule has 2 rings (SSSR count). The van der Waals surface area contributed by atoms with Crippen LogP contribution < -0.4 is 10.1 Å². The minimum absolute atomic E-state index is 0.217. The lowest BCUT2D eigenvalue weighted by atomic mass is 10.1. The summed E-state index contributed by atoms with van der Waals surface area (Å²) in [5.41, 5.74) is 2.59. The smallest absolute Gasteiger partial charge is 0.145 e. The number of rotatable bonds is 7. The van der Waals surface area contributed by atoms with Crippen LogP contribution in [-0.2, 0) is 6.61 Å². The third-order valence-electron chi connectivity index (χ3n) is 3.25. The van der Waals surface area contributed by atoms with Gasteiger partial charge in [0.15, 0.2) is 0 Å². The second-order valence-corrected chi connectivity index (χ2v) is 5.86. The molecule has 0 aliphatic carbocycles. The number of benzene rings is 1. The molecule has 0 amide bonds. The van der Waals surface area contributed by atoms with Crippen molar-refractivity contribution in [1.82, 2.24) is 15.6 Å². The standard InChI is InChI=1S/C15H20BrN3O2/c1-4-7-17-10(2)13-8-12(16)5-6-15(13)20-9-14-11(3)18-21-19-14/h5-6,8,10,17H,4,7,9H2,1-3H3. The van der Waals surface area contributed by atoms with Crippen LogP contribution in [0.3, 0.4) is 0 Å². The quantitative estimate of drug-likeness (QED) is 0.820. The molecule has 0 saturated carbocycles. The van der Waals surface area contributed by atoms with Gasteiger partial charge in [0.1, 0.15) is 23.7 Å². The maximum atomic E-state index is 5.90. The molecule has 0 saturated heterocycles. The average molecular weight is 354 g/mol. The van der Waals surface area contributed by atoms with E-state index in [0.717, 1.165) is 40.1 Å². The van der Waals surface area contributed by atoms with Gasteiger partial charge in [-0.2, -0.15) is 0 Å². The molecule has 2 aromatic rings. The second kappa shape index (κ2) is 7.56. The minimum Gasteiger partial charge on any atom is -0.487 e. The lowest BCUT2D eigenvalue weighted by Gasteiger charge is -2.18. The second-order valence-electron chi connectivity index (χ2n) is 4.94. The van der Waals surface area contributed by atoms with Crippen molar-refractivity contribution in [2.24, 2.45) is 0 Å². The van der Waals surface area contributed by atoms with Gasteiger partial charge in [-0.1, -0.05) is 33.2 Å². The Hall–Kier alpha value is -1.40. The summed E-state index contributed by atoms with van der Waals surface area (Å²) in [6, 6.07) is 6.23. The van der Waals surface area contributed by atoms with Crippen molar-refractivity contribution in [2.75, 3.05) is 6.54 Å². The van der Waals surface area contributed by atoms with Crippen molar-refractivity contribution in [3.05, 3.63) is 39.6 Å². The van der Waals surface area contributed by atoms with E-state index in [1.807, 2.05) is 19.1 Å². The SMILES string of the molecule is CCCNC(C)c1cc(Br)ccc1OCc1nonc1C. The van der Waals surface area contributed by atoms with Gasteiger partial charge in [-0.3, -0.25) is 0 Å². The number of hydrogen-bond acceptors (Lipinski definition) is 5. The van der Waals surface area contributed by atoms with Gasteiger partial charge >= 0.3 is 0 Å². The predicted octanol–water partition coefficient (Wildman–Crippen LogP) is 3.78. The Balaban J connectivity index is 2.12. The van der Waals surface area contributed by atoms with Gasteiger partial charge in [0, 0.05) is 16.1 Å². The number of halogens is 1. The van der Waals surface area contributed by atoms with E-state index in [-0.39, 0.29) is 6.04 Å². The molecule has 1 aromatic heterocycles. The first-order valence-electron chi connectivity index (χ1n) is 7.05. The fraction of sp³-hybridized carbons (Fsp3) is 0.467. The van der Waals surface area contributed by atoms with Gasteiger partial charge in [-0.25, -0.2) is 4.63 Å². The molecular formula is C15H20BrN3O2. The van der Waals surface area contributed by atoms with Gasteiger partial charge in [0.2, 0.25) is 0 Å². The monoisotopic (exact) mass is 353 g/mol. The molecule has 0 aliphatic rings. The minimum atomic E-state index is 0.217. The van der Waals surface area contributed by atoms with Gasteiger partial charge in [-0.15, -0.1) is 0 Å². The Kier molecular flexibility index (Phi) is 5.76. The van der Waals surface area contributed by atoms with Crippen LogP contribution in [0.15, 0.2) is 27.3 Å². The molecule has 1 heterocycles. The molecule has 5 nitrogen and oxygen atoms in total. The fourth-order valence-electron chi connectivity index (χ4n) is 1.99. The fourth-order valence-corrected chi connectivity index (χ4v) is 2.37. The first-order chi connectivity index (χ1) is 10.1. The summed E-state index contributed by atoms with van der Waals surface area (Å²) >= 11 is 3.51. The summed E-state index contributed by atoms with van der Waals surface area (Å²) in [4.78, 5) is 0. The van der Waals surface area contributed by atoms with E-state index < -0.39 is 0 Å². The maximum Gasteiger partial charge on any atom is 0.145 e. The molecule has 0 fully saturated rings. The Morgan fingerprint density at radius 2 is 2.19 bits per heavy atom. The maximum absolute atomic E-state index is 5.90. The molecule has 114 valence electrons. The van der Waals surface area contributed by atoms with E-state index in [1.165, 1.54) is 0 Å². The number of aryl methyl sites for hydroxylation is 1. The highest BCUT2D eigenvalue weighted by molar-refractivity contribution is 9.10. The van der Waals surface area contributed by atoms with Gasteiger partial charge < -0.3 is 10.1 Å². The number of nitrogens with zero attached hydrogens (tertiary/aromatic N) is 2. The number of hydrogen-bond donors (Lipinski definition) is 1. The Labute approximate surface area is 133 Å². The van der Waals surface area contributed by atoms with Gasteiger partial charge in [0.25, 0.3) is 0 Å². The van der Waals surface area contributed by atoms with Gasteiger partial charge in [-0.05, 0) is 45.0 Å². The topological polar surface area (TPSA) is 60.2 Å². The number of aromatic nitrogens is 2. The average Bonchev–Trinajstić information content (AvgIpc) is 2.88. The van der Waals surface area contributed by atoms with Crippen molar-refractivity contribution in [3.8, 4) is 5.75 Å². The summed E-state index contributed by atoms with van der Waals surface area (Å²) in [6.45, 7) is 7.46. The largest absolute Gasteiger partial charge is 0.487 e. The summed E-state index contributed by atoms with van der Waals surface area (Å²) in [5, 5.41) is 11.1. The van der Waals surface area contributed by atoms with Crippen LogP contribution in [0.4, 0.5) is 0 Å². The first kappa shape index (κ1) is 16.0. The highest BCUT2D eigenvalue weighted by atomic mass is 79.9. The highest BCUT2D eigenvalue weighted by Gasteiger charge is 2.13. The van der Waals surface area contributed by atoms with Crippen LogP contribution in [-0.4, -0.2) is 16.9 Å². The Morgan fingerprint density at radius 1 is 1.38 bits per heavy atom. The normalized spacial score (nSPS) is 12.4. The number of nitrogens with one attached hydrogen (secondary N) is 1. The molecule has 1 aromatic carbocycles. The molecule has 1 unspecified atom stereocenters. The van der Waals surface area contributed by atoms with Crippen molar-refractivity contribution in [1.29, 1.82) is 0 Å². The lowest BCUT2D eigenvalue weighted by molar-refractivity contribution is 0.267.